The fourth-order valence-corrected chi connectivity index (χ4v) is 13.7. The number of benzene rings is 6. The van der Waals surface area contributed by atoms with Gasteiger partial charge in [-0.25, -0.2) is 0 Å². The molecule has 282 valence electrons. The van der Waals surface area contributed by atoms with Crippen molar-refractivity contribution in [3.05, 3.63) is 155 Å². The lowest BCUT2D eigenvalue weighted by Gasteiger charge is -2.54. The second-order valence-corrected chi connectivity index (χ2v) is 19.1. The van der Waals surface area contributed by atoms with Crippen molar-refractivity contribution in [2.75, 3.05) is 14.7 Å². The fourth-order valence-electron chi connectivity index (χ4n) is 13.7. The van der Waals surface area contributed by atoms with E-state index in [9.17, 15) is 0 Å². The third kappa shape index (κ3) is 4.05. The van der Waals surface area contributed by atoms with Crippen LogP contribution in [-0.2, 0) is 10.8 Å². The van der Waals surface area contributed by atoms with Gasteiger partial charge in [-0.05, 0) is 134 Å². The van der Waals surface area contributed by atoms with Crippen LogP contribution < -0.4 is 31.1 Å². The van der Waals surface area contributed by atoms with Gasteiger partial charge in [-0.15, -0.1) is 0 Å². The largest absolute Gasteiger partial charge is 0.335 e. The highest BCUT2D eigenvalue weighted by atomic mass is 15.3. The van der Waals surface area contributed by atoms with Gasteiger partial charge in [0.05, 0.1) is 11.1 Å². The maximum Gasteiger partial charge on any atom is 0.252 e. The van der Waals surface area contributed by atoms with Gasteiger partial charge in [0.25, 0.3) is 6.71 Å². The normalized spacial score (nSPS) is 27.3. The highest BCUT2D eigenvalue weighted by Gasteiger charge is 2.64. The molecule has 4 heteroatoms. The molecule has 0 saturated heterocycles. The van der Waals surface area contributed by atoms with E-state index in [1.807, 2.05) is 0 Å². The quantitative estimate of drug-likeness (QED) is 0.167. The highest BCUT2D eigenvalue weighted by molar-refractivity contribution is 7.00. The summed E-state index contributed by atoms with van der Waals surface area (Å²) in [5, 5.41) is 0. The third-order valence-corrected chi connectivity index (χ3v) is 16.4. The number of aryl methyl sites for hydroxylation is 2. The fraction of sp³-hybridized carbons (Fsp3) is 0.321. The van der Waals surface area contributed by atoms with Gasteiger partial charge in [-0.1, -0.05) is 124 Å². The zero-order chi connectivity index (χ0) is 38.5. The summed E-state index contributed by atoms with van der Waals surface area (Å²) in [6.07, 6.45) is 9.75. The maximum atomic E-state index is 2.92. The minimum Gasteiger partial charge on any atom is -0.335 e. The molecule has 0 amide bonds. The first-order chi connectivity index (χ1) is 27.7. The van der Waals surface area contributed by atoms with E-state index in [0.717, 1.165) is 12.8 Å². The van der Waals surface area contributed by atoms with Gasteiger partial charge in [0.1, 0.15) is 0 Å². The average Bonchev–Trinajstić information content (AvgIpc) is 3.59. The highest BCUT2D eigenvalue weighted by Crippen LogP contribution is 2.66. The molecule has 4 aliphatic heterocycles. The third-order valence-electron chi connectivity index (χ3n) is 16.4. The van der Waals surface area contributed by atoms with Crippen LogP contribution in [0.25, 0.3) is 0 Å². The monoisotopic (exact) mass is 741 g/mol. The Labute approximate surface area is 339 Å². The topological polar surface area (TPSA) is 9.72 Å². The first kappa shape index (κ1) is 33.9. The van der Waals surface area contributed by atoms with Gasteiger partial charge in [0.2, 0.25) is 0 Å². The van der Waals surface area contributed by atoms with E-state index < -0.39 is 0 Å². The lowest BCUT2D eigenvalue weighted by Crippen LogP contribution is -2.65. The molecular formula is C53H52BN3. The van der Waals surface area contributed by atoms with Gasteiger partial charge < -0.3 is 14.7 Å². The van der Waals surface area contributed by atoms with Crippen molar-refractivity contribution >= 4 is 62.9 Å². The zero-order valence-corrected chi connectivity index (χ0v) is 34.2. The predicted molar refractivity (Wildman–Crippen MR) is 241 cm³/mol. The Bertz CT molecular complexity index is 2670. The van der Waals surface area contributed by atoms with Crippen molar-refractivity contribution < 1.29 is 0 Å². The first-order valence-electron chi connectivity index (χ1n) is 21.7. The summed E-state index contributed by atoms with van der Waals surface area (Å²) >= 11 is 0. The van der Waals surface area contributed by atoms with Crippen LogP contribution in [0.15, 0.2) is 127 Å². The molecule has 4 atom stereocenters. The number of hydrogen-bond acceptors (Lipinski definition) is 3. The van der Waals surface area contributed by atoms with E-state index in [1.165, 1.54) is 123 Å². The Kier molecular flexibility index (Phi) is 6.81. The molecule has 2 fully saturated rings. The molecule has 57 heavy (non-hydrogen) atoms. The van der Waals surface area contributed by atoms with E-state index >= 15 is 0 Å². The van der Waals surface area contributed by atoms with Gasteiger partial charge >= 0.3 is 0 Å². The van der Waals surface area contributed by atoms with Gasteiger partial charge in [-0.2, -0.15) is 0 Å². The summed E-state index contributed by atoms with van der Waals surface area (Å²) in [5.74, 6) is 0. The number of fused-ring (bicyclic) bond motifs is 10. The molecule has 12 rings (SSSR count). The lowest BCUT2D eigenvalue weighted by atomic mass is 9.33. The van der Waals surface area contributed by atoms with Crippen LogP contribution in [0.3, 0.4) is 0 Å². The Balaban J connectivity index is 1.22. The molecule has 2 aliphatic carbocycles. The standard InChI is InChI=1S/C53H52BN3/c1-35-17-15-20-38(31-35)55-45-32-36(2)25-26-42(45)54-43-23-16-22-41-49(43)57(52(5)29-13-14-30-53(41,52)37-18-7-6-8-19-37)47-34-39(33-46(55)48(47)54)56-44-24-10-9-21-40(44)50(3)27-11-12-28-51(50,56)4/h6-10,15-26,31-34H,11-14,27-30H2,1-5H3. The number of rotatable bonds is 3. The SMILES string of the molecule is Cc1cccc(N2c3cc(C)ccc3B3c4cccc5c4N(c4cc(N6c7ccccc7C7(C)CCCCC67C)cc2c43)C2(C)CCCCC52c2ccccc2)c1. The minimum atomic E-state index is -0.143. The van der Waals surface area contributed by atoms with Crippen LogP contribution in [0.2, 0.25) is 0 Å². The molecule has 4 unspecified atom stereocenters. The summed E-state index contributed by atoms with van der Waals surface area (Å²) in [7, 11) is 0. The number of hydrogen-bond donors (Lipinski definition) is 0. The number of nitrogens with zero attached hydrogens (tertiary/aromatic N) is 3. The van der Waals surface area contributed by atoms with Crippen LogP contribution in [0.1, 0.15) is 100.0 Å². The second-order valence-electron chi connectivity index (χ2n) is 19.1. The molecule has 0 radical (unpaired) electrons. The van der Waals surface area contributed by atoms with Crippen molar-refractivity contribution in [3.63, 3.8) is 0 Å². The van der Waals surface area contributed by atoms with Gasteiger partial charge in [0.15, 0.2) is 0 Å². The van der Waals surface area contributed by atoms with Crippen molar-refractivity contribution in [2.45, 2.75) is 108 Å². The molecular weight excluding hydrogens is 689 g/mol. The van der Waals surface area contributed by atoms with Crippen LogP contribution in [-0.4, -0.2) is 17.8 Å². The van der Waals surface area contributed by atoms with Crippen molar-refractivity contribution in [1.29, 1.82) is 0 Å². The molecule has 0 bridgehead atoms. The molecule has 4 heterocycles. The minimum absolute atomic E-state index is 0.0437. The molecule has 6 aromatic carbocycles. The van der Waals surface area contributed by atoms with E-state index in [0.29, 0.717) is 0 Å². The first-order valence-corrected chi connectivity index (χ1v) is 21.7. The van der Waals surface area contributed by atoms with Gasteiger partial charge in [0, 0.05) is 50.6 Å². The van der Waals surface area contributed by atoms with Crippen molar-refractivity contribution in [3.8, 4) is 0 Å². The van der Waals surface area contributed by atoms with Crippen molar-refractivity contribution in [2.24, 2.45) is 0 Å². The predicted octanol–water partition coefficient (Wildman–Crippen LogP) is 11.4. The van der Waals surface area contributed by atoms with Crippen LogP contribution >= 0.6 is 0 Å². The summed E-state index contributed by atoms with van der Waals surface area (Å²) in [5.41, 5.74) is 20.7. The van der Waals surface area contributed by atoms with E-state index in [1.54, 1.807) is 0 Å². The van der Waals surface area contributed by atoms with Gasteiger partial charge in [-0.3, -0.25) is 0 Å². The second kappa shape index (κ2) is 11.5. The summed E-state index contributed by atoms with van der Waals surface area (Å²) in [6, 6.07) is 50.1. The van der Waals surface area contributed by atoms with E-state index in [-0.39, 0.29) is 28.6 Å². The molecule has 0 spiro atoms. The molecule has 0 N–H and O–H groups in total. The summed E-state index contributed by atoms with van der Waals surface area (Å²) in [4.78, 5) is 8.37. The lowest BCUT2D eigenvalue weighted by molar-refractivity contribution is 0.195. The molecule has 6 aliphatic rings. The van der Waals surface area contributed by atoms with E-state index in [2.05, 4.69) is 177 Å². The maximum absolute atomic E-state index is 2.92. The molecule has 2 saturated carbocycles. The Morgan fingerprint density at radius 3 is 2.04 bits per heavy atom. The smallest absolute Gasteiger partial charge is 0.252 e. The Morgan fingerprint density at radius 2 is 1.19 bits per heavy atom. The molecule has 3 nitrogen and oxygen atoms in total. The molecule has 6 aromatic rings. The van der Waals surface area contributed by atoms with Crippen LogP contribution in [0.5, 0.6) is 0 Å². The van der Waals surface area contributed by atoms with Crippen LogP contribution in [0.4, 0.5) is 39.8 Å². The molecule has 0 aromatic heterocycles. The Hall–Kier alpha value is -5.22. The summed E-state index contributed by atoms with van der Waals surface area (Å²) in [6.45, 7) is 12.4. The number of para-hydroxylation sites is 2. The van der Waals surface area contributed by atoms with Crippen molar-refractivity contribution in [1.82, 2.24) is 0 Å². The summed E-state index contributed by atoms with van der Waals surface area (Å²) < 4.78 is 0. The van der Waals surface area contributed by atoms with E-state index in [4.69, 9.17) is 0 Å². The average molecular weight is 742 g/mol. The number of anilines is 7. The van der Waals surface area contributed by atoms with Crippen LogP contribution in [0, 0.1) is 13.8 Å². The zero-order valence-electron chi connectivity index (χ0n) is 34.2. The Morgan fingerprint density at radius 1 is 0.491 bits per heavy atom.